The van der Waals surface area contributed by atoms with E-state index in [-0.39, 0.29) is 0 Å². The molecular weight excluding hydrogens is 242 g/mol. The summed E-state index contributed by atoms with van der Waals surface area (Å²) in [6.45, 7) is 7.74. The standard InChI is InChI=1S/C19H29N/c1-3-20(4-2)16-8-9-17-12-14-19(15-13-17)18-10-6-5-7-11-18/h8-9,12-15,18H,3-7,10-11,16H2,1-2H3/b9-8+. The fraction of sp³-hybridized carbons (Fsp3) is 0.579. The minimum Gasteiger partial charge on any atom is -0.300 e. The lowest BCUT2D eigenvalue weighted by Gasteiger charge is -2.21. The number of nitrogens with zero attached hydrogens (tertiary/aromatic N) is 1. The van der Waals surface area contributed by atoms with Crippen LogP contribution in [0.1, 0.15) is 63.0 Å². The van der Waals surface area contributed by atoms with E-state index in [4.69, 9.17) is 0 Å². The van der Waals surface area contributed by atoms with Crippen LogP contribution in [0.15, 0.2) is 30.3 Å². The van der Waals surface area contributed by atoms with Gasteiger partial charge in [0.2, 0.25) is 0 Å². The summed E-state index contributed by atoms with van der Waals surface area (Å²) in [6, 6.07) is 9.24. The molecule has 0 aliphatic heterocycles. The van der Waals surface area contributed by atoms with E-state index in [1.165, 1.54) is 37.7 Å². The van der Waals surface area contributed by atoms with Gasteiger partial charge in [-0.15, -0.1) is 0 Å². The first kappa shape index (κ1) is 15.3. The normalized spacial score (nSPS) is 17.1. The molecule has 20 heavy (non-hydrogen) atoms. The van der Waals surface area contributed by atoms with Crippen LogP contribution in [-0.2, 0) is 0 Å². The molecule has 0 heterocycles. The van der Waals surface area contributed by atoms with E-state index in [9.17, 15) is 0 Å². The van der Waals surface area contributed by atoms with Crippen LogP contribution in [0.2, 0.25) is 0 Å². The molecule has 1 aromatic rings. The van der Waals surface area contributed by atoms with E-state index in [1.54, 1.807) is 5.56 Å². The Balaban J connectivity index is 1.89. The highest BCUT2D eigenvalue weighted by atomic mass is 15.1. The van der Waals surface area contributed by atoms with Gasteiger partial charge in [-0.25, -0.2) is 0 Å². The highest BCUT2D eigenvalue weighted by molar-refractivity contribution is 5.50. The molecule has 1 aliphatic rings. The van der Waals surface area contributed by atoms with Gasteiger partial charge in [-0.2, -0.15) is 0 Å². The lowest BCUT2D eigenvalue weighted by Crippen LogP contribution is -2.22. The van der Waals surface area contributed by atoms with Crippen molar-refractivity contribution in [3.05, 3.63) is 41.5 Å². The van der Waals surface area contributed by atoms with Crippen molar-refractivity contribution in [3.8, 4) is 0 Å². The maximum Gasteiger partial charge on any atom is 0.0166 e. The molecule has 1 fully saturated rings. The highest BCUT2D eigenvalue weighted by Crippen LogP contribution is 2.32. The summed E-state index contributed by atoms with van der Waals surface area (Å²) < 4.78 is 0. The molecule has 0 N–H and O–H groups in total. The molecule has 1 saturated carbocycles. The Morgan fingerprint density at radius 2 is 1.65 bits per heavy atom. The zero-order valence-corrected chi connectivity index (χ0v) is 13.1. The Morgan fingerprint density at radius 3 is 2.25 bits per heavy atom. The van der Waals surface area contributed by atoms with Gasteiger partial charge in [0.15, 0.2) is 0 Å². The Bertz CT molecular complexity index is 394. The van der Waals surface area contributed by atoms with Gasteiger partial charge < -0.3 is 4.90 Å². The van der Waals surface area contributed by atoms with Crippen LogP contribution in [0.25, 0.3) is 6.08 Å². The average molecular weight is 271 g/mol. The molecule has 2 rings (SSSR count). The molecule has 1 aromatic carbocycles. The van der Waals surface area contributed by atoms with Crippen LogP contribution < -0.4 is 0 Å². The second-order valence-electron chi connectivity index (χ2n) is 5.89. The third kappa shape index (κ3) is 4.49. The van der Waals surface area contributed by atoms with Crippen molar-refractivity contribution in [1.82, 2.24) is 4.90 Å². The molecule has 1 heteroatoms. The van der Waals surface area contributed by atoms with Gasteiger partial charge in [0.25, 0.3) is 0 Å². The van der Waals surface area contributed by atoms with Crippen LogP contribution in [0.5, 0.6) is 0 Å². The van der Waals surface area contributed by atoms with Crippen LogP contribution >= 0.6 is 0 Å². The summed E-state index contributed by atoms with van der Waals surface area (Å²) >= 11 is 0. The van der Waals surface area contributed by atoms with Crippen molar-refractivity contribution in [2.45, 2.75) is 51.9 Å². The van der Waals surface area contributed by atoms with E-state index in [0.29, 0.717) is 0 Å². The van der Waals surface area contributed by atoms with Crippen LogP contribution in [-0.4, -0.2) is 24.5 Å². The SMILES string of the molecule is CCN(CC)C/C=C/c1ccc(C2CCCCC2)cc1. The molecule has 0 aromatic heterocycles. The third-order valence-electron chi connectivity index (χ3n) is 4.58. The Hall–Kier alpha value is -1.08. The monoisotopic (exact) mass is 271 g/mol. The Morgan fingerprint density at radius 1 is 1.00 bits per heavy atom. The molecule has 0 spiro atoms. The van der Waals surface area contributed by atoms with E-state index in [1.807, 2.05) is 0 Å². The molecule has 0 unspecified atom stereocenters. The fourth-order valence-electron chi connectivity index (χ4n) is 3.13. The summed E-state index contributed by atoms with van der Waals surface area (Å²) in [6.07, 6.45) is 11.6. The summed E-state index contributed by atoms with van der Waals surface area (Å²) in [5.41, 5.74) is 2.88. The molecule has 0 saturated heterocycles. The fourth-order valence-corrected chi connectivity index (χ4v) is 3.13. The third-order valence-corrected chi connectivity index (χ3v) is 4.58. The summed E-state index contributed by atoms with van der Waals surface area (Å²) in [7, 11) is 0. The predicted octanol–water partition coefficient (Wildman–Crippen LogP) is 5.09. The predicted molar refractivity (Wildman–Crippen MR) is 89.1 cm³/mol. The van der Waals surface area contributed by atoms with E-state index >= 15 is 0 Å². The summed E-state index contributed by atoms with van der Waals surface area (Å²) in [5, 5.41) is 0. The maximum absolute atomic E-state index is 2.42. The smallest absolute Gasteiger partial charge is 0.0166 e. The Kier molecular flexibility index (Phi) is 6.32. The molecule has 1 nitrogen and oxygen atoms in total. The molecule has 0 radical (unpaired) electrons. The van der Waals surface area contributed by atoms with Gasteiger partial charge in [-0.3, -0.25) is 0 Å². The van der Waals surface area contributed by atoms with E-state index in [0.717, 1.165) is 25.6 Å². The van der Waals surface area contributed by atoms with Gasteiger partial charge in [0, 0.05) is 6.54 Å². The largest absolute Gasteiger partial charge is 0.300 e. The quantitative estimate of drug-likeness (QED) is 0.696. The van der Waals surface area contributed by atoms with Crippen molar-refractivity contribution in [3.63, 3.8) is 0 Å². The molecule has 0 bridgehead atoms. The van der Waals surface area contributed by atoms with Crippen molar-refractivity contribution in [1.29, 1.82) is 0 Å². The first-order chi connectivity index (χ1) is 9.83. The summed E-state index contributed by atoms with van der Waals surface area (Å²) in [4.78, 5) is 2.42. The zero-order chi connectivity index (χ0) is 14.2. The minimum absolute atomic E-state index is 0.817. The van der Waals surface area contributed by atoms with Gasteiger partial charge in [0.1, 0.15) is 0 Å². The molecule has 0 atom stereocenters. The molecule has 0 amide bonds. The first-order valence-electron chi connectivity index (χ1n) is 8.32. The van der Waals surface area contributed by atoms with Crippen molar-refractivity contribution in [2.75, 3.05) is 19.6 Å². The lowest BCUT2D eigenvalue weighted by molar-refractivity contribution is 0.338. The van der Waals surface area contributed by atoms with Gasteiger partial charge >= 0.3 is 0 Å². The van der Waals surface area contributed by atoms with Gasteiger partial charge in [-0.1, -0.05) is 69.5 Å². The van der Waals surface area contributed by atoms with Crippen LogP contribution in [0, 0.1) is 0 Å². The number of likely N-dealkylation sites (N-methyl/N-ethyl adjacent to an activating group) is 1. The van der Waals surface area contributed by atoms with E-state index in [2.05, 4.69) is 55.2 Å². The average Bonchev–Trinajstić information content (AvgIpc) is 2.53. The molecule has 110 valence electrons. The van der Waals surface area contributed by atoms with E-state index < -0.39 is 0 Å². The maximum atomic E-state index is 2.42. The minimum atomic E-state index is 0.817. The zero-order valence-electron chi connectivity index (χ0n) is 13.1. The number of hydrogen-bond acceptors (Lipinski definition) is 1. The van der Waals surface area contributed by atoms with Crippen molar-refractivity contribution in [2.24, 2.45) is 0 Å². The number of benzene rings is 1. The van der Waals surface area contributed by atoms with Gasteiger partial charge in [0.05, 0.1) is 0 Å². The first-order valence-corrected chi connectivity index (χ1v) is 8.32. The van der Waals surface area contributed by atoms with Crippen LogP contribution in [0.4, 0.5) is 0 Å². The number of hydrogen-bond donors (Lipinski definition) is 0. The number of rotatable bonds is 6. The molecular formula is C19H29N. The lowest BCUT2D eigenvalue weighted by atomic mass is 9.84. The van der Waals surface area contributed by atoms with Crippen LogP contribution in [0.3, 0.4) is 0 Å². The summed E-state index contributed by atoms with van der Waals surface area (Å²) in [5.74, 6) is 0.817. The van der Waals surface area contributed by atoms with Crippen molar-refractivity contribution < 1.29 is 0 Å². The van der Waals surface area contributed by atoms with Crippen molar-refractivity contribution >= 4 is 6.08 Å². The second-order valence-corrected chi connectivity index (χ2v) is 5.89. The van der Waals surface area contributed by atoms with Gasteiger partial charge in [-0.05, 0) is 43.0 Å². The second kappa shape index (κ2) is 8.26. The topological polar surface area (TPSA) is 3.24 Å². The Labute approximate surface area is 124 Å². The molecule has 1 aliphatic carbocycles. The highest BCUT2D eigenvalue weighted by Gasteiger charge is 2.14.